The summed E-state index contributed by atoms with van der Waals surface area (Å²) >= 11 is 0. The Morgan fingerprint density at radius 3 is 2.47 bits per heavy atom. The molecule has 0 radical (unpaired) electrons. The predicted molar refractivity (Wildman–Crippen MR) is 113 cm³/mol. The normalized spacial score (nSPS) is 14.2. The van der Waals surface area contributed by atoms with E-state index in [1.54, 1.807) is 30.3 Å². The largest absolute Gasteiger partial charge is 0.366 e. The highest BCUT2D eigenvalue weighted by atomic mass is 32.2. The molecule has 30 heavy (non-hydrogen) atoms. The molecule has 1 heterocycles. The van der Waals surface area contributed by atoms with Crippen molar-refractivity contribution in [3.63, 3.8) is 0 Å². The van der Waals surface area contributed by atoms with Gasteiger partial charge in [-0.2, -0.15) is 0 Å². The Morgan fingerprint density at radius 1 is 1.17 bits per heavy atom. The first kappa shape index (κ1) is 21.7. The van der Waals surface area contributed by atoms with Crippen LogP contribution in [0.4, 0.5) is 11.4 Å². The first-order valence-electron chi connectivity index (χ1n) is 9.54. The standard InChI is InChI=1S/C20H24N4O5S/c1-22(2)30(28,29)19-8-4-3-7-16(19)14-21-20(25)15-9-10-17(18(13-15)24(26)27)23-11-5-6-12-23/h3-4,7-10,13H,5-6,11-12,14H2,1-2H3,(H,21,25). The number of nitrogens with zero attached hydrogens (tertiary/aromatic N) is 3. The average molecular weight is 433 g/mol. The van der Waals surface area contributed by atoms with Gasteiger partial charge in [-0.05, 0) is 36.6 Å². The van der Waals surface area contributed by atoms with Crippen LogP contribution in [0.1, 0.15) is 28.8 Å². The van der Waals surface area contributed by atoms with Crippen LogP contribution in [0.2, 0.25) is 0 Å². The number of sulfonamides is 1. The van der Waals surface area contributed by atoms with Crippen molar-refractivity contribution in [3.8, 4) is 0 Å². The Labute approximate surface area is 175 Å². The summed E-state index contributed by atoms with van der Waals surface area (Å²) in [6.07, 6.45) is 1.96. The van der Waals surface area contributed by atoms with Crippen LogP contribution in [0.15, 0.2) is 47.4 Å². The zero-order valence-corrected chi connectivity index (χ0v) is 17.7. The summed E-state index contributed by atoms with van der Waals surface area (Å²) < 4.78 is 26.1. The lowest BCUT2D eigenvalue weighted by atomic mass is 10.1. The van der Waals surface area contributed by atoms with Crippen molar-refractivity contribution >= 4 is 27.3 Å². The lowest BCUT2D eigenvalue weighted by Crippen LogP contribution is -2.27. The Balaban J connectivity index is 1.81. The molecule has 1 fully saturated rings. The molecule has 1 N–H and O–H groups in total. The third-order valence-electron chi connectivity index (χ3n) is 5.05. The van der Waals surface area contributed by atoms with E-state index in [4.69, 9.17) is 0 Å². The molecule has 0 aliphatic carbocycles. The summed E-state index contributed by atoms with van der Waals surface area (Å²) in [4.78, 5) is 25.7. The van der Waals surface area contributed by atoms with Crippen LogP contribution in [0, 0.1) is 10.1 Å². The van der Waals surface area contributed by atoms with E-state index in [0.717, 1.165) is 30.2 Å². The van der Waals surface area contributed by atoms with E-state index in [2.05, 4.69) is 5.32 Å². The van der Waals surface area contributed by atoms with Crippen LogP contribution in [0.25, 0.3) is 0 Å². The lowest BCUT2D eigenvalue weighted by molar-refractivity contribution is -0.384. The number of rotatable bonds is 7. The van der Waals surface area contributed by atoms with Crippen LogP contribution >= 0.6 is 0 Å². The minimum absolute atomic E-state index is 0.0241. The maximum atomic E-state index is 12.6. The Kier molecular flexibility index (Phi) is 6.37. The van der Waals surface area contributed by atoms with Crippen LogP contribution in [-0.4, -0.2) is 50.7 Å². The van der Waals surface area contributed by atoms with Gasteiger partial charge in [-0.1, -0.05) is 18.2 Å². The molecule has 9 nitrogen and oxygen atoms in total. The van der Waals surface area contributed by atoms with E-state index in [-0.39, 0.29) is 22.7 Å². The van der Waals surface area contributed by atoms with Gasteiger partial charge in [0.2, 0.25) is 10.0 Å². The van der Waals surface area contributed by atoms with Gasteiger partial charge in [-0.15, -0.1) is 0 Å². The van der Waals surface area contributed by atoms with Crippen molar-refractivity contribution in [2.24, 2.45) is 0 Å². The SMILES string of the molecule is CN(C)S(=O)(=O)c1ccccc1CNC(=O)c1ccc(N2CCCC2)c([N+](=O)[O-])c1. The average Bonchev–Trinajstić information content (AvgIpc) is 3.26. The van der Waals surface area contributed by atoms with Crippen LogP contribution < -0.4 is 10.2 Å². The monoisotopic (exact) mass is 432 g/mol. The number of amides is 1. The van der Waals surface area contributed by atoms with Gasteiger partial charge in [0.15, 0.2) is 0 Å². The van der Waals surface area contributed by atoms with Crippen molar-refractivity contribution < 1.29 is 18.1 Å². The van der Waals surface area contributed by atoms with E-state index in [0.29, 0.717) is 11.3 Å². The van der Waals surface area contributed by atoms with Crippen LogP contribution in [0.5, 0.6) is 0 Å². The predicted octanol–water partition coefficient (Wildman–Crippen LogP) is 2.38. The molecule has 1 amide bonds. The molecule has 0 bridgehead atoms. The molecule has 0 saturated carbocycles. The molecule has 160 valence electrons. The zero-order valence-electron chi connectivity index (χ0n) is 16.9. The number of benzene rings is 2. The number of nitro benzene ring substituents is 1. The molecule has 3 rings (SSSR count). The molecule has 1 aliphatic rings. The molecular formula is C20H24N4O5S. The number of nitro groups is 1. The first-order chi connectivity index (χ1) is 14.2. The summed E-state index contributed by atoms with van der Waals surface area (Å²) in [6.45, 7) is 1.48. The third-order valence-corrected chi connectivity index (χ3v) is 6.97. The molecule has 0 spiro atoms. The molecule has 2 aromatic rings. The Bertz CT molecular complexity index is 1060. The van der Waals surface area contributed by atoms with Gasteiger partial charge in [-0.25, -0.2) is 12.7 Å². The van der Waals surface area contributed by atoms with Gasteiger partial charge in [0.05, 0.1) is 9.82 Å². The number of hydrogen-bond donors (Lipinski definition) is 1. The number of anilines is 1. The topological polar surface area (TPSA) is 113 Å². The molecule has 1 saturated heterocycles. The maximum Gasteiger partial charge on any atom is 0.293 e. The molecule has 10 heteroatoms. The fraction of sp³-hybridized carbons (Fsp3) is 0.350. The van der Waals surface area contributed by atoms with E-state index in [1.807, 2.05) is 4.90 Å². The van der Waals surface area contributed by atoms with Crippen molar-refractivity contribution in [2.45, 2.75) is 24.3 Å². The second-order valence-electron chi connectivity index (χ2n) is 7.23. The fourth-order valence-corrected chi connectivity index (χ4v) is 4.53. The summed E-state index contributed by atoms with van der Waals surface area (Å²) in [6, 6.07) is 10.8. The number of hydrogen-bond acceptors (Lipinski definition) is 6. The van der Waals surface area contributed by atoms with Crippen molar-refractivity contribution in [2.75, 3.05) is 32.1 Å². The van der Waals surface area contributed by atoms with Crippen LogP contribution in [0.3, 0.4) is 0 Å². The second-order valence-corrected chi connectivity index (χ2v) is 9.35. The molecular weight excluding hydrogens is 408 g/mol. The molecule has 1 aliphatic heterocycles. The van der Waals surface area contributed by atoms with E-state index < -0.39 is 20.9 Å². The first-order valence-corrected chi connectivity index (χ1v) is 11.0. The minimum Gasteiger partial charge on any atom is -0.366 e. The van der Waals surface area contributed by atoms with E-state index in [1.165, 1.54) is 26.2 Å². The summed E-state index contributed by atoms with van der Waals surface area (Å²) in [5.41, 5.74) is 0.983. The molecule has 0 aromatic heterocycles. The Hall–Kier alpha value is -2.98. The highest BCUT2D eigenvalue weighted by Gasteiger charge is 2.24. The van der Waals surface area contributed by atoms with Gasteiger partial charge in [0, 0.05) is 45.4 Å². The lowest BCUT2D eigenvalue weighted by Gasteiger charge is -2.18. The molecule has 2 aromatic carbocycles. The van der Waals surface area contributed by atoms with Crippen molar-refractivity contribution in [3.05, 3.63) is 63.7 Å². The smallest absolute Gasteiger partial charge is 0.293 e. The molecule has 0 atom stereocenters. The van der Waals surface area contributed by atoms with E-state index in [9.17, 15) is 23.3 Å². The Morgan fingerprint density at radius 2 is 1.83 bits per heavy atom. The van der Waals surface area contributed by atoms with Gasteiger partial charge in [0.25, 0.3) is 11.6 Å². The summed E-state index contributed by atoms with van der Waals surface area (Å²) in [5, 5.41) is 14.2. The fourth-order valence-electron chi connectivity index (χ4n) is 3.41. The highest BCUT2D eigenvalue weighted by molar-refractivity contribution is 7.89. The highest BCUT2D eigenvalue weighted by Crippen LogP contribution is 2.31. The zero-order chi connectivity index (χ0) is 21.9. The summed E-state index contributed by atoms with van der Waals surface area (Å²) in [7, 11) is -0.793. The van der Waals surface area contributed by atoms with Gasteiger partial charge >= 0.3 is 0 Å². The number of carbonyl (C=O) groups excluding carboxylic acids is 1. The summed E-state index contributed by atoms with van der Waals surface area (Å²) in [5.74, 6) is -0.511. The maximum absolute atomic E-state index is 12.6. The quantitative estimate of drug-likeness (QED) is 0.531. The number of nitrogens with one attached hydrogen (secondary N) is 1. The van der Waals surface area contributed by atoms with Crippen LogP contribution in [-0.2, 0) is 16.6 Å². The molecule has 0 unspecified atom stereocenters. The second kappa shape index (κ2) is 8.80. The van der Waals surface area contributed by atoms with Gasteiger partial charge in [-0.3, -0.25) is 14.9 Å². The van der Waals surface area contributed by atoms with E-state index >= 15 is 0 Å². The third kappa shape index (κ3) is 4.44. The minimum atomic E-state index is -3.67. The number of carbonyl (C=O) groups is 1. The van der Waals surface area contributed by atoms with Crippen molar-refractivity contribution in [1.29, 1.82) is 0 Å². The van der Waals surface area contributed by atoms with Crippen molar-refractivity contribution in [1.82, 2.24) is 9.62 Å². The van der Waals surface area contributed by atoms with Gasteiger partial charge in [0.1, 0.15) is 5.69 Å². The van der Waals surface area contributed by atoms with Gasteiger partial charge < -0.3 is 10.2 Å².